The van der Waals surface area contributed by atoms with Gasteiger partial charge in [-0.1, -0.05) is 218 Å². The fourth-order valence-corrected chi connectivity index (χ4v) is 15.2. The Morgan fingerprint density at radius 3 is 1.45 bits per heavy atom. The molecule has 0 fully saturated rings. The molecule has 17 rings (SSSR count). The van der Waals surface area contributed by atoms with E-state index in [-0.39, 0.29) is 0 Å². The summed E-state index contributed by atoms with van der Waals surface area (Å²) in [6, 6.07) is 113. The molecule has 0 unspecified atom stereocenters. The van der Waals surface area contributed by atoms with E-state index < -0.39 is 5.41 Å². The lowest BCUT2D eigenvalue weighted by atomic mass is 9.67. The number of benzene rings is 14. The molecule has 0 spiro atoms. The summed E-state index contributed by atoms with van der Waals surface area (Å²) in [5, 5.41) is 12.6. The number of anilines is 3. The molecule has 2 nitrogen and oxygen atoms in total. The van der Waals surface area contributed by atoms with Gasteiger partial charge in [-0.15, -0.1) is 11.3 Å². The van der Waals surface area contributed by atoms with E-state index in [1.165, 1.54) is 130 Å². The van der Waals surface area contributed by atoms with E-state index >= 15 is 0 Å². The summed E-state index contributed by atoms with van der Waals surface area (Å²) in [6.45, 7) is 0. The second kappa shape index (κ2) is 18.4. The molecule has 382 valence electrons. The maximum atomic E-state index is 2.49. The van der Waals surface area contributed by atoms with Crippen molar-refractivity contribution < 1.29 is 0 Å². The van der Waals surface area contributed by atoms with Gasteiger partial charge in [-0.2, -0.15) is 0 Å². The van der Waals surface area contributed by atoms with Crippen molar-refractivity contribution in [3.05, 3.63) is 326 Å². The van der Waals surface area contributed by atoms with Crippen LogP contribution in [-0.2, 0) is 5.41 Å². The lowest BCUT2D eigenvalue weighted by molar-refractivity contribution is 0.769. The van der Waals surface area contributed by atoms with Crippen LogP contribution < -0.4 is 4.90 Å². The largest absolute Gasteiger partial charge is 0.310 e. The number of aromatic nitrogens is 1. The van der Waals surface area contributed by atoms with Crippen LogP contribution in [0.5, 0.6) is 0 Å². The van der Waals surface area contributed by atoms with E-state index in [0.717, 1.165) is 22.6 Å². The van der Waals surface area contributed by atoms with Crippen molar-refractivity contribution in [2.24, 2.45) is 0 Å². The number of hydrogen-bond acceptors (Lipinski definition) is 2. The average Bonchev–Trinajstić information content (AvgIpc) is 2.78. The molecule has 0 N–H and O–H groups in total. The highest BCUT2D eigenvalue weighted by molar-refractivity contribution is 7.26. The Morgan fingerprint density at radius 2 is 0.780 bits per heavy atom. The quantitative estimate of drug-likeness (QED) is 0.138. The van der Waals surface area contributed by atoms with Crippen LogP contribution in [0.2, 0.25) is 0 Å². The Balaban J connectivity index is 0.856. The van der Waals surface area contributed by atoms with Crippen molar-refractivity contribution in [2.45, 2.75) is 5.41 Å². The Bertz CT molecular complexity index is 5130. The highest BCUT2D eigenvalue weighted by Gasteiger charge is 2.46. The van der Waals surface area contributed by atoms with Crippen molar-refractivity contribution in [3.63, 3.8) is 0 Å². The van der Waals surface area contributed by atoms with Gasteiger partial charge in [0.05, 0.1) is 22.1 Å². The highest BCUT2D eigenvalue weighted by Crippen LogP contribution is 2.57. The Morgan fingerprint density at radius 1 is 0.293 bits per heavy atom. The molecule has 1 aliphatic rings. The lowest BCUT2D eigenvalue weighted by Crippen LogP contribution is -2.28. The molecule has 0 bridgehead atoms. The third kappa shape index (κ3) is 6.94. The molecular formula is C79H50N2S. The predicted molar refractivity (Wildman–Crippen MR) is 349 cm³/mol. The van der Waals surface area contributed by atoms with Crippen LogP contribution in [0.1, 0.15) is 22.3 Å². The van der Waals surface area contributed by atoms with Gasteiger partial charge >= 0.3 is 0 Å². The summed E-state index contributed by atoms with van der Waals surface area (Å²) in [5.74, 6) is 0. The molecular weight excluding hydrogens is 1010 g/mol. The van der Waals surface area contributed by atoms with Gasteiger partial charge in [-0.25, -0.2) is 0 Å². The molecule has 1 aliphatic carbocycles. The minimum absolute atomic E-state index is 0.496. The highest BCUT2D eigenvalue weighted by atomic mass is 32.1. The van der Waals surface area contributed by atoms with Crippen LogP contribution in [-0.4, -0.2) is 4.57 Å². The van der Waals surface area contributed by atoms with Gasteiger partial charge in [0, 0.05) is 48.0 Å². The van der Waals surface area contributed by atoms with Gasteiger partial charge in [0.15, 0.2) is 0 Å². The number of fused-ring (bicyclic) bond motifs is 15. The molecule has 2 aromatic heterocycles. The SMILES string of the molecule is c1ccc(N(c2ccc(-c3ccc4c(c3)c3cc(-c5ccc6c(c5)C(c5ccccc5)(c5ccccc5)c5ccccc5-6)ccc3n4-c3ccc4c5ccccc5c5ccccc5c4c3)cc2)c2cccc3sc4ccccc4c23)cc1. The first-order valence-electron chi connectivity index (χ1n) is 28.3. The molecule has 2 heterocycles. The summed E-state index contributed by atoms with van der Waals surface area (Å²) in [4.78, 5) is 2.42. The van der Waals surface area contributed by atoms with Gasteiger partial charge < -0.3 is 9.47 Å². The van der Waals surface area contributed by atoms with Crippen molar-refractivity contribution in [2.75, 3.05) is 4.90 Å². The summed E-state index contributed by atoms with van der Waals surface area (Å²) >= 11 is 1.86. The van der Waals surface area contributed by atoms with Crippen LogP contribution in [0.4, 0.5) is 17.1 Å². The van der Waals surface area contributed by atoms with E-state index in [2.05, 4.69) is 313 Å². The van der Waals surface area contributed by atoms with Crippen molar-refractivity contribution in [1.82, 2.24) is 4.57 Å². The molecule has 0 aliphatic heterocycles. The minimum Gasteiger partial charge on any atom is -0.310 e. The molecule has 0 saturated carbocycles. The molecule has 82 heavy (non-hydrogen) atoms. The number of nitrogens with zero attached hydrogens (tertiary/aromatic N) is 2. The zero-order valence-electron chi connectivity index (χ0n) is 44.7. The summed E-state index contributed by atoms with van der Waals surface area (Å²) in [6.07, 6.45) is 0. The van der Waals surface area contributed by atoms with E-state index in [1.54, 1.807) is 0 Å². The summed E-state index contributed by atoms with van der Waals surface area (Å²) in [7, 11) is 0. The van der Waals surface area contributed by atoms with Gasteiger partial charge in [-0.05, 0) is 173 Å². The Hall–Kier alpha value is -10.3. The van der Waals surface area contributed by atoms with Crippen LogP contribution in [0, 0.1) is 0 Å². The first-order valence-corrected chi connectivity index (χ1v) is 29.1. The molecule has 0 saturated heterocycles. The van der Waals surface area contributed by atoms with Crippen molar-refractivity contribution in [1.29, 1.82) is 0 Å². The molecule has 0 amide bonds. The van der Waals surface area contributed by atoms with Crippen molar-refractivity contribution in [3.8, 4) is 39.1 Å². The predicted octanol–water partition coefficient (Wildman–Crippen LogP) is 21.8. The maximum Gasteiger partial charge on any atom is 0.0713 e. The first kappa shape index (κ1) is 46.6. The number of hydrogen-bond donors (Lipinski definition) is 0. The van der Waals surface area contributed by atoms with Gasteiger partial charge in [0.2, 0.25) is 0 Å². The van der Waals surface area contributed by atoms with E-state index in [4.69, 9.17) is 0 Å². The first-order chi connectivity index (χ1) is 40.7. The molecule has 3 heteroatoms. The molecule has 0 radical (unpaired) electrons. The second-order valence-electron chi connectivity index (χ2n) is 21.9. The Kier molecular flexibility index (Phi) is 10.4. The number of rotatable bonds is 8. The third-order valence-corrected chi connectivity index (χ3v) is 18.8. The standard InChI is InChI=1S/C79H50N2S/c1-4-19-55(20-5-1)79(56-21-6-2-7-22-56)71-31-16-14-29-65(71)66-43-37-54(49-72(66)79)53-39-46-74-70(48-53)69-47-52(38-45-73(69)81(74)59-42-44-64-62-27-11-10-25-60(62)61-26-12-13-28-63(61)68(64)50-59)51-35-40-58(41-36-51)80(57-23-8-3-9-24-57)75-32-18-34-77-78(75)67-30-15-17-33-76(67)82-77/h1-50H. The van der Waals surface area contributed by atoms with Gasteiger partial charge in [-0.3, -0.25) is 0 Å². The monoisotopic (exact) mass is 1060 g/mol. The average molecular weight is 1060 g/mol. The van der Waals surface area contributed by atoms with Gasteiger partial charge in [0.25, 0.3) is 0 Å². The molecule has 14 aromatic carbocycles. The fraction of sp³-hybridized carbons (Fsp3) is 0.0127. The fourth-order valence-electron chi connectivity index (χ4n) is 14.1. The van der Waals surface area contributed by atoms with Gasteiger partial charge in [0.1, 0.15) is 0 Å². The third-order valence-electron chi connectivity index (χ3n) is 17.6. The number of para-hydroxylation sites is 1. The van der Waals surface area contributed by atoms with Crippen molar-refractivity contribution >= 4 is 103 Å². The Labute approximate surface area is 479 Å². The van der Waals surface area contributed by atoms with E-state index in [1.807, 2.05) is 11.3 Å². The summed E-state index contributed by atoms with van der Waals surface area (Å²) < 4.78 is 5.07. The van der Waals surface area contributed by atoms with Crippen LogP contribution in [0.25, 0.3) is 113 Å². The normalized spacial score (nSPS) is 12.7. The van der Waals surface area contributed by atoms with Crippen LogP contribution in [0.3, 0.4) is 0 Å². The number of thiophene rings is 1. The van der Waals surface area contributed by atoms with Crippen LogP contribution >= 0.6 is 11.3 Å². The molecule has 0 atom stereocenters. The summed E-state index contributed by atoms with van der Waals surface area (Å²) in [5.41, 5.74) is 18.8. The zero-order chi connectivity index (χ0) is 53.9. The minimum atomic E-state index is -0.496. The topological polar surface area (TPSA) is 8.17 Å². The maximum absolute atomic E-state index is 2.49. The van der Waals surface area contributed by atoms with E-state index in [9.17, 15) is 0 Å². The lowest BCUT2D eigenvalue weighted by Gasteiger charge is -2.34. The molecule has 16 aromatic rings. The zero-order valence-corrected chi connectivity index (χ0v) is 45.5. The smallest absolute Gasteiger partial charge is 0.0713 e. The van der Waals surface area contributed by atoms with Crippen LogP contribution in [0.15, 0.2) is 303 Å². The van der Waals surface area contributed by atoms with E-state index in [0.29, 0.717) is 0 Å². The second-order valence-corrected chi connectivity index (χ2v) is 23.0.